The Morgan fingerprint density at radius 1 is 1.47 bits per heavy atom. The summed E-state index contributed by atoms with van der Waals surface area (Å²) in [5, 5.41) is 3.87. The third kappa shape index (κ3) is 3.56. The Morgan fingerprint density at radius 3 is 2.94 bits per heavy atom. The highest BCUT2D eigenvalue weighted by molar-refractivity contribution is 7.98. The van der Waals surface area contributed by atoms with Crippen molar-refractivity contribution in [3.63, 3.8) is 0 Å². The van der Waals surface area contributed by atoms with Crippen molar-refractivity contribution in [3.8, 4) is 0 Å². The molecule has 0 unspecified atom stereocenters. The predicted octanol–water partition coefficient (Wildman–Crippen LogP) is 2.62. The van der Waals surface area contributed by atoms with Crippen LogP contribution in [0.1, 0.15) is 44.3 Å². The van der Waals surface area contributed by atoms with Crippen molar-refractivity contribution in [1.82, 2.24) is 10.1 Å². The summed E-state index contributed by atoms with van der Waals surface area (Å²) in [4.78, 5) is 16.1. The Morgan fingerprint density at radius 2 is 2.24 bits per heavy atom. The molecule has 0 amide bonds. The van der Waals surface area contributed by atoms with E-state index in [1.165, 1.54) is 12.8 Å². The van der Waals surface area contributed by atoms with E-state index in [0.29, 0.717) is 18.1 Å². The maximum absolute atomic E-state index is 11.9. The summed E-state index contributed by atoms with van der Waals surface area (Å²) in [7, 11) is 0. The van der Waals surface area contributed by atoms with E-state index in [0.717, 1.165) is 24.3 Å². The molecule has 1 aromatic heterocycles. The van der Waals surface area contributed by atoms with Gasteiger partial charge in [0.1, 0.15) is 5.78 Å². The number of carbonyl (C=O) groups excluding carboxylic acids is 1. The van der Waals surface area contributed by atoms with Crippen LogP contribution in [-0.2, 0) is 17.0 Å². The molecule has 2 rings (SSSR count). The zero-order valence-corrected chi connectivity index (χ0v) is 11.0. The van der Waals surface area contributed by atoms with Gasteiger partial charge in [0.25, 0.3) is 0 Å². The Hall–Kier alpha value is -0.840. The number of hydrogen-bond donors (Lipinski definition) is 0. The highest BCUT2D eigenvalue weighted by atomic mass is 32.2. The number of thioether (sulfide) groups is 1. The second-order valence-corrected chi connectivity index (χ2v) is 5.64. The molecule has 1 aliphatic rings. The number of carbonyl (C=O) groups is 1. The maximum atomic E-state index is 11.9. The van der Waals surface area contributed by atoms with E-state index in [-0.39, 0.29) is 11.7 Å². The molecule has 4 nitrogen and oxygen atoms in total. The fourth-order valence-electron chi connectivity index (χ4n) is 2.16. The van der Waals surface area contributed by atoms with E-state index in [1.54, 1.807) is 11.8 Å². The number of hydrogen-bond acceptors (Lipinski definition) is 5. The molecule has 0 saturated heterocycles. The van der Waals surface area contributed by atoms with Crippen LogP contribution >= 0.6 is 11.8 Å². The van der Waals surface area contributed by atoms with Gasteiger partial charge in [-0.15, -0.1) is 0 Å². The van der Waals surface area contributed by atoms with Gasteiger partial charge in [0, 0.05) is 5.92 Å². The van der Waals surface area contributed by atoms with Crippen LogP contribution in [0.5, 0.6) is 0 Å². The van der Waals surface area contributed by atoms with Crippen molar-refractivity contribution >= 4 is 17.5 Å². The van der Waals surface area contributed by atoms with E-state index in [4.69, 9.17) is 4.52 Å². The molecule has 0 aliphatic heterocycles. The number of Topliss-reactive ketones (excluding diaryl/α,β-unsaturated/α-hetero) is 1. The Labute approximate surface area is 106 Å². The molecular formula is C12H18N2O2S. The molecule has 1 saturated carbocycles. The second kappa shape index (κ2) is 6.19. The summed E-state index contributed by atoms with van der Waals surface area (Å²) in [6, 6.07) is 0. The molecule has 0 atom stereocenters. The maximum Gasteiger partial charge on any atom is 0.234 e. The Balaban J connectivity index is 1.85. The molecule has 94 valence electrons. The molecule has 5 heteroatoms. The lowest BCUT2D eigenvalue weighted by Crippen LogP contribution is -2.13. The van der Waals surface area contributed by atoms with Gasteiger partial charge in [-0.3, -0.25) is 4.79 Å². The van der Waals surface area contributed by atoms with Crippen molar-refractivity contribution in [2.75, 3.05) is 5.75 Å². The van der Waals surface area contributed by atoms with Crippen LogP contribution in [0.25, 0.3) is 0 Å². The topological polar surface area (TPSA) is 56.0 Å². The summed E-state index contributed by atoms with van der Waals surface area (Å²) in [6.07, 6.45) is 4.74. The quantitative estimate of drug-likeness (QED) is 0.781. The van der Waals surface area contributed by atoms with E-state index < -0.39 is 0 Å². The van der Waals surface area contributed by atoms with Crippen molar-refractivity contribution in [2.24, 2.45) is 5.92 Å². The first-order chi connectivity index (χ1) is 8.29. The van der Waals surface area contributed by atoms with Gasteiger partial charge in [-0.05, 0) is 18.6 Å². The van der Waals surface area contributed by atoms with Gasteiger partial charge in [-0.1, -0.05) is 24.9 Å². The second-order valence-electron chi connectivity index (χ2n) is 4.37. The highest BCUT2D eigenvalue weighted by Crippen LogP contribution is 2.26. The number of aromatic nitrogens is 2. The molecule has 1 fully saturated rings. The lowest BCUT2D eigenvalue weighted by Gasteiger charge is -2.04. The standard InChI is InChI=1S/C12H18N2O2S/c1-2-17-8-11-13-12(16-14-11)7-10(15)9-5-3-4-6-9/h9H,2-8H2,1H3. The first-order valence-electron chi connectivity index (χ1n) is 6.21. The SMILES string of the molecule is CCSCc1noc(CC(=O)C2CCCC2)n1. The first kappa shape index (κ1) is 12.6. The van der Waals surface area contributed by atoms with Crippen LogP contribution in [0.4, 0.5) is 0 Å². The van der Waals surface area contributed by atoms with Crippen molar-refractivity contribution < 1.29 is 9.32 Å². The molecule has 1 aliphatic carbocycles. The lowest BCUT2D eigenvalue weighted by molar-refractivity contribution is -0.122. The number of ketones is 1. The van der Waals surface area contributed by atoms with Crippen molar-refractivity contribution in [1.29, 1.82) is 0 Å². The van der Waals surface area contributed by atoms with Crippen LogP contribution in [-0.4, -0.2) is 21.7 Å². The van der Waals surface area contributed by atoms with Crippen LogP contribution < -0.4 is 0 Å². The summed E-state index contributed by atoms with van der Waals surface area (Å²) in [5.74, 6) is 3.47. The normalized spacial score (nSPS) is 16.5. The van der Waals surface area contributed by atoms with Crippen LogP contribution in [0.2, 0.25) is 0 Å². The van der Waals surface area contributed by atoms with E-state index in [1.807, 2.05) is 0 Å². The van der Waals surface area contributed by atoms with Crippen molar-refractivity contribution in [2.45, 2.75) is 44.8 Å². The molecule has 1 aromatic rings. The van der Waals surface area contributed by atoms with Gasteiger partial charge < -0.3 is 4.52 Å². The molecule has 0 radical (unpaired) electrons. The summed E-state index contributed by atoms with van der Waals surface area (Å²) < 4.78 is 5.10. The average Bonchev–Trinajstić information content (AvgIpc) is 2.97. The first-order valence-corrected chi connectivity index (χ1v) is 7.37. The molecule has 0 spiro atoms. The van der Waals surface area contributed by atoms with Crippen LogP contribution in [0.3, 0.4) is 0 Å². The Kier molecular flexibility index (Phi) is 4.59. The lowest BCUT2D eigenvalue weighted by atomic mass is 10.0. The molecule has 1 heterocycles. The monoisotopic (exact) mass is 254 g/mol. The summed E-state index contributed by atoms with van der Waals surface area (Å²) in [5.41, 5.74) is 0. The van der Waals surface area contributed by atoms with Gasteiger partial charge in [0.15, 0.2) is 5.82 Å². The predicted molar refractivity (Wildman–Crippen MR) is 66.8 cm³/mol. The van der Waals surface area contributed by atoms with Gasteiger partial charge in [0.2, 0.25) is 5.89 Å². The third-order valence-corrected chi connectivity index (χ3v) is 3.95. The highest BCUT2D eigenvalue weighted by Gasteiger charge is 2.24. The fourth-order valence-corrected chi connectivity index (χ4v) is 2.66. The van der Waals surface area contributed by atoms with Gasteiger partial charge in [-0.2, -0.15) is 16.7 Å². The fraction of sp³-hybridized carbons (Fsp3) is 0.750. The largest absolute Gasteiger partial charge is 0.339 e. The molecule has 0 N–H and O–H groups in total. The van der Waals surface area contributed by atoms with E-state index in [9.17, 15) is 4.79 Å². The smallest absolute Gasteiger partial charge is 0.234 e. The van der Waals surface area contributed by atoms with E-state index in [2.05, 4.69) is 17.1 Å². The molecule has 17 heavy (non-hydrogen) atoms. The van der Waals surface area contributed by atoms with Crippen molar-refractivity contribution in [3.05, 3.63) is 11.7 Å². The minimum atomic E-state index is 0.232. The minimum Gasteiger partial charge on any atom is -0.339 e. The third-order valence-electron chi connectivity index (χ3n) is 3.08. The zero-order valence-electron chi connectivity index (χ0n) is 10.1. The van der Waals surface area contributed by atoms with Gasteiger partial charge in [0.05, 0.1) is 12.2 Å². The molecule has 0 bridgehead atoms. The number of rotatable bonds is 6. The van der Waals surface area contributed by atoms with Gasteiger partial charge >= 0.3 is 0 Å². The average molecular weight is 254 g/mol. The Bertz CT molecular complexity index is 372. The van der Waals surface area contributed by atoms with E-state index >= 15 is 0 Å². The van der Waals surface area contributed by atoms with Crippen LogP contribution in [0.15, 0.2) is 4.52 Å². The van der Waals surface area contributed by atoms with Crippen LogP contribution in [0, 0.1) is 5.92 Å². The number of nitrogens with zero attached hydrogens (tertiary/aromatic N) is 2. The molecule has 0 aromatic carbocycles. The minimum absolute atomic E-state index is 0.232. The zero-order chi connectivity index (χ0) is 12.1. The summed E-state index contributed by atoms with van der Waals surface area (Å²) in [6.45, 7) is 2.09. The summed E-state index contributed by atoms with van der Waals surface area (Å²) >= 11 is 1.75. The van der Waals surface area contributed by atoms with Gasteiger partial charge in [-0.25, -0.2) is 0 Å². The molecular weight excluding hydrogens is 236 g/mol.